The van der Waals surface area contributed by atoms with Crippen molar-refractivity contribution in [2.45, 2.75) is 26.5 Å². The van der Waals surface area contributed by atoms with E-state index in [0.717, 1.165) is 10.9 Å². The molecule has 1 atom stereocenters. The number of hydrogen-bond donors (Lipinski definition) is 0. The maximum Gasteiger partial charge on any atom is 0.254 e. The smallest absolute Gasteiger partial charge is 0.254 e. The van der Waals surface area contributed by atoms with Gasteiger partial charge in [-0.1, -0.05) is 18.2 Å². The van der Waals surface area contributed by atoms with Gasteiger partial charge in [-0.25, -0.2) is 14.6 Å². The van der Waals surface area contributed by atoms with E-state index in [0.29, 0.717) is 42.6 Å². The second-order valence-electron chi connectivity index (χ2n) is 7.87. The molecule has 0 unspecified atom stereocenters. The topological polar surface area (TPSA) is 93.5 Å². The molecule has 162 valence electrons. The van der Waals surface area contributed by atoms with Gasteiger partial charge in [-0.3, -0.25) is 9.59 Å². The Hall–Kier alpha value is -3.33. The van der Waals surface area contributed by atoms with Crippen molar-refractivity contribution >= 4 is 22.7 Å². The maximum atomic E-state index is 12.9. The Balaban J connectivity index is 1.60. The molecule has 3 aromatic rings. The van der Waals surface area contributed by atoms with Crippen LogP contribution in [0.15, 0.2) is 30.3 Å². The number of rotatable bonds is 4. The number of para-hydroxylation sites is 1. The average Bonchev–Trinajstić information content (AvgIpc) is 3.08. The molecule has 4 rings (SSSR count). The molecule has 1 saturated heterocycles. The fraction of sp³-hybridized carbons (Fsp3) is 0.409. The molecule has 0 N–H and O–H groups in total. The number of nitrogens with zero attached hydrogens (tertiary/aromatic N) is 6. The summed E-state index contributed by atoms with van der Waals surface area (Å²) in [7, 11) is 3.45. The van der Waals surface area contributed by atoms with Gasteiger partial charge in [-0.15, -0.1) is 0 Å². The zero-order valence-electron chi connectivity index (χ0n) is 18.2. The normalized spacial score (nSPS) is 16.5. The van der Waals surface area contributed by atoms with Gasteiger partial charge in [0.05, 0.1) is 29.9 Å². The summed E-state index contributed by atoms with van der Waals surface area (Å²) in [5.74, 6) is 1.20. The zero-order valence-corrected chi connectivity index (χ0v) is 18.2. The van der Waals surface area contributed by atoms with Crippen LogP contribution in [0.4, 0.5) is 0 Å². The highest BCUT2D eigenvalue weighted by molar-refractivity contribution is 6.06. The summed E-state index contributed by atoms with van der Waals surface area (Å²) in [5.41, 5.74) is 1.95. The lowest BCUT2D eigenvalue weighted by atomic mass is 10.0. The largest absolute Gasteiger partial charge is 0.368 e. The molecule has 2 aromatic heterocycles. The molecule has 0 saturated carbocycles. The molecule has 3 heterocycles. The second-order valence-corrected chi connectivity index (χ2v) is 7.87. The minimum Gasteiger partial charge on any atom is -0.368 e. The van der Waals surface area contributed by atoms with E-state index in [4.69, 9.17) is 9.72 Å². The van der Waals surface area contributed by atoms with Crippen molar-refractivity contribution in [1.82, 2.24) is 29.5 Å². The van der Waals surface area contributed by atoms with E-state index >= 15 is 0 Å². The van der Waals surface area contributed by atoms with Gasteiger partial charge in [0, 0.05) is 26.0 Å². The van der Waals surface area contributed by atoms with Crippen LogP contribution in [0.25, 0.3) is 10.9 Å². The number of pyridine rings is 1. The van der Waals surface area contributed by atoms with E-state index in [-0.39, 0.29) is 18.4 Å². The van der Waals surface area contributed by atoms with Crippen LogP contribution in [0.5, 0.6) is 0 Å². The molecule has 0 aliphatic carbocycles. The number of amides is 2. The van der Waals surface area contributed by atoms with E-state index in [1.165, 1.54) is 0 Å². The standard InChI is InChI=1S/C22H26N6O3/c1-14-23-15(2)28(25-14)13-21(29)27-9-10-31-20(12-27)19-11-17(22(30)26(3)4)16-7-5-6-8-18(16)24-19/h5-8,11,20H,9-10,12-13H2,1-4H3/t20-/m0/s1. The highest BCUT2D eigenvalue weighted by Gasteiger charge is 2.28. The van der Waals surface area contributed by atoms with E-state index < -0.39 is 6.10 Å². The third kappa shape index (κ3) is 4.27. The summed E-state index contributed by atoms with van der Waals surface area (Å²) in [5, 5.41) is 5.07. The Kier molecular flexibility index (Phi) is 5.69. The number of fused-ring (bicyclic) bond motifs is 1. The molecule has 2 amide bonds. The van der Waals surface area contributed by atoms with Crippen molar-refractivity contribution in [3.05, 3.63) is 53.2 Å². The lowest BCUT2D eigenvalue weighted by molar-refractivity contribution is -0.140. The Morgan fingerprint density at radius 1 is 1.19 bits per heavy atom. The monoisotopic (exact) mass is 422 g/mol. The van der Waals surface area contributed by atoms with Gasteiger partial charge >= 0.3 is 0 Å². The average molecular weight is 422 g/mol. The summed E-state index contributed by atoms with van der Waals surface area (Å²) < 4.78 is 7.57. The number of aromatic nitrogens is 4. The van der Waals surface area contributed by atoms with E-state index in [1.807, 2.05) is 31.2 Å². The van der Waals surface area contributed by atoms with Crippen molar-refractivity contribution in [2.75, 3.05) is 33.8 Å². The zero-order chi connectivity index (χ0) is 22.1. The number of hydrogen-bond acceptors (Lipinski definition) is 6. The fourth-order valence-corrected chi connectivity index (χ4v) is 3.77. The van der Waals surface area contributed by atoms with Crippen molar-refractivity contribution in [2.24, 2.45) is 0 Å². The van der Waals surface area contributed by atoms with Crippen LogP contribution in [0.3, 0.4) is 0 Å². The first-order chi connectivity index (χ1) is 14.8. The predicted molar refractivity (Wildman–Crippen MR) is 115 cm³/mol. The summed E-state index contributed by atoms with van der Waals surface area (Å²) in [6, 6.07) is 9.34. The lowest BCUT2D eigenvalue weighted by Crippen LogP contribution is -2.44. The molecular weight excluding hydrogens is 396 g/mol. The third-order valence-electron chi connectivity index (χ3n) is 5.37. The maximum absolute atomic E-state index is 12.9. The van der Waals surface area contributed by atoms with Crippen LogP contribution < -0.4 is 0 Å². The Labute approximate surface area is 180 Å². The Morgan fingerprint density at radius 2 is 1.97 bits per heavy atom. The van der Waals surface area contributed by atoms with Crippen molar-refractivity contribution in [1.29, 1.82) is 0 Å². The number of carbonyl (C=O) groups is 2. The van der Waals surface area contributed by atoms with Gasteiger partial charge in [0.15, 0.2) is 0 Å². The Bertz CT molecular complexity index is 1140. The number of ether oxygens (including phenoxy) is 1. The second kappa shape index (κ2) is 8.43. The highest BCUT2D eigenvalue weighted by atomic mass is 16.5. The first-order valence-corrected chi connectivity index (χ1v) is 10.2. The van der Waals surface area contributed by atoms with E-state index in [1.54, 1.807) is 41.6 Å². The van der Waals surface area contributed by atoms with Crippen LogP contribution in [-0.4, -0.2) is 75.2 Å². The number of benzene rings is 1. The Morgan fingerprint density at radius 3 is 2.68 bits per heavy atom. The van der Waals surface area contributed by atoms with Crippen LogP contribution in [0.2, 0.25) is 0 Å². The number of carbonyl (C=O) groups excluding carboxylic acids is 2. The SMILES string of the molecule is Cc1nc(C)n(CC(=O)N2CCO[C@H](c3cc(C(=O)N(C)C)c4ccccc4n3)C2)n1. The highest BCUT2D eigenvalue weighted by Crippen LogP contribution is 2.27. The van der Waals surface area contributed by atoms with Crippen LogP contribution in [0, 0.1) is 13.8 Å². The van der Waals surface area contributed by atoms with Gasteiger partial charge in [-0.05, 0) is 26.0 Å². The van der Waals surface area contributed by atoms with Gasteiger partial charge < -0.3 is 14.5 Å². The third-order valence-corrected chi connectivity index (χ3v) is 5.37. The molecule has 1 aliphatic heterocycles. The molecular formula is C22H26N6O3. The van der Waals surface area contributed by atoms with Crippen molar-refractivity contribution < 1.29 is 14.3 Å². The first-order valence-electron chi connectivity index (χ1n) is 10.2. The van der Waals surface area contributed by atoms with E-state index in [9.17, 15) is 9.59 Å². The van der Waals surface area contributed by atoms with Gasteiger partial charge in [0.1, 0.15) is 24.3 Å². The molecule has 31 heavy (non-hydrogen) atoms. The quantitative estimate of drug-likeness (QED) is 0.636. The molecule has 0 radical (unpaired) electrons. The van der Waals surface area contributed by atoms with E-state index in [2.05, 4.69) is 10.1 Å². The van der Waals surface area contributed by atoms with Crippen molar-refractivity contribution in [3.63, 3.8) is 0 Å². The molecule has 1 aromatic carbocycles. The molecule has 9 nitrogen and oxygen atoms in total. The minimum absolute atomic E-state index is 0.0494. The predicted octanol–water partition coefficient (Wildman–Crippen LogP) is 1.75. The lowest BCUT2D eigenvalue weighted by Gasteiger charge is -2.33. The number of morpholine rings is 1. The summed E-state index contributed by atoms with van der Waals surface area (Å²) >= 11 is 0. The van der Waals surface area contributed by atoms with Crippen LogP contribution >= 0.6 is 0 Å². The fourth-order valence-electron chi connectivity index (χ4n) is 3.77. The van der Waals surface area contributed by atoms with Gasteiger partial charge in [0.2, 0.25) is 5.91 Å². The molecule has 1 aliphatic rings. The summed E-state index contributed by atoms with van der Waals surface area (Å²) in [4.78, 5) is 38.0. The summed E-state index contributed by atoms with van der Waals surface area (Å²) in [6.07, 6.45) is -0.408. The van der Waals surface area contributed by atoms with Crippen LogP contribution in [-0.2, 0) is 16.1 Å². The van der Waals surface area contributed by atoms with Gasteiger partial charge in [0.25, 0.3) is 5.91 Å². The molecule has 9 heteroatoms. The summed E-state index contributed by atoms with van der Waals surface area (Å²) in [6.45, 7) is 5.03. The molecule has 0 spiro atoms. The first kappa shape index (κ1) is 20.9. The van der Waals surface area contributed by atoms with Crippen molar-refractivity contribution in [3.8, 4) is 0 Å². The van der Waals surface area contributed by atoms with Crippen LogP contribution in [0.1, 0.15) is 33.8 Å². The van der Waals surface area contributed by atoms with Gasteiger partial charge in [-0.2, -0.15) is 5.10 Å². The molecule has 1 fully saturated rings. The minimum atomic E-state index is -0.408. The molecule has 0 bridgehead atoms. The number of aryl methyl sites for hydroxylation is 2.